The van der Waals surface area contributed by atoms with E-state index in [0.29, 0.717) is 10.8 Å². The van der Waals surface area contributed by atoms with Gasteiger partial charge in [-0.15, -0.1) is 0 Å². The van der Waals surface area contributed by atoms with E-state index in [9.17, 15) is 5.11 Å². The molecule has 0 unspecified atom stereocenters. The quantitative estimate of drug-likeness (QED) is 0.498. The van der Waals surface area contributed by atoms with Crippen LogP contribution >= 0.6 is 0 Å². The Labute approximate surface area is 196 Å². The molecule has 3 fully saturated rings. The van der Waals surface area contributed by atoms with E-state index in [4.69, 9.17) is 4.98 Å². The molecule has 176 valence electrons. The fourth-order valence-electron chi connectivity index (χ4n) is 9.06. The monoisotopic (exact) mass is 435 g/mol. The number of aromatic nitrogens is 1. The molecule has 8 atom stereocenters. The Kier molecular flexibility index (Phi) is 6.06. The molecule has 32 heavy (non-hydrogen) atoms. The molecule has 5 rings (SSSR count). The minimum Gasteiger partial charge on any atom is -0.393 e. The molecule has 0 amide bonds. The summed E-state index contributed by atoms with van der Waals surface area (Å²) >= 11 is 0. The van der Waals surface area contributed by atoms with Crippen molar-refractivity contribution in [3.63, 3.8) is 0 Å². The van der Waals surface area contributed by atoms with E-state index in [-0.39, 0.29) is 6.10 Å². The normalized spacial score (nSPS) is 41.9. The number of hydrogen-bond acceptors (Lipinski definition) is 2. The SMILES string of the molecule is CCc1cccc(CC[C@@H](C)[C@H]2CC[C@H]3[C@@H]4CC=C5C[C@@H](O)CC[C@]5(C)[C@H]4CC[C@]23C)n1. The molecule has 2 heteroatoms. The molecule has 2 nitrogen and oxygen atoms in total. The molecule has 1 heterocycles. The fraction of sp³-hybridized carbons (Fsp3) is 0.767. The van der Waals surface area contributed by atoms with Crippen molar-refractivity contribution in [3.05, 3.63) is 41.2 Å². The Morgan fingerprint density at radius 1 is 1.06 bits per heavy atom. The standard InChI is InChI=1S/C30H45NO/c1-5-22-7-6-8-23(31-22)11-9-20(2)26-13-14-27-25-12-10-21-19-24(32)15-17-29(21,3)28(25)16-18-30(26,27)4/h6-8,10,20,24-28,32H,5,9,11-19H2,1-4H3/t20-,24+,25+,26-,27+,28+,29+,30-/m1/s1. The lowest BCUT2D eigenvalue weighted by molar-refractivity contribution is -0.0571. The molecule has 4 aliphatic rings. The zero-order valence-electron chi connectivity index (χ0n) is 20.9. The fourth-order valence-corrected chi connectivity index (χ4v) is 9.06. The number of aliphatic hydroxyl groups is 1. The van der Waals surface area contributed by atoms with Crippen LogP contribution in [-0.2, 0) is 12.8 Å². The van der Waals surface area contributed by atoms with Gasteiger partial charge in [-0.2, -0.15) is 0 Å². The maximum atomic E-state index is 10.3. The van der Waals surface area contributed by atoms with Gasteiger partial charge in [-0.25, -0.2) is 0 Å². The second-order valence-electron chi connectivity index (χ2n) is 12.4. The highest BCUT2D eigenvalue weighted by Crippen LogP contribution is 2.67. The van der Waals surface area contributed by atoms with Crippen LogP contribution in [0.3, 0.4) is 0 Å². The third-order valence-electron chi connectivity index (χ3n) is 10.9. The minimum atomic E-state index is -0.0936. The molecule has 1 aromatic heterocycles. The van der Waals surface area contributed by atoms with Gasteiger partial charge in [0.25, 0.3) is 0 Å². The first-order valence-corrected chi connectivity index (χ1v) is 13.7. The molecular weight excluding hydrogens is 390 g/mol. The molecule has 3 saturated carbocycles. The van der Waals surface area contributed by atoms with Gasteiger partial charge in [0.15, 0.2) is 0 Å². The molecule has 0 saturated heterocycles. The number of aliphatic hydroxyl groups excluding tert-OH is 1. The molecule has 0 radical (unpaired) electrons. The lowest BCUT2D eigenvalue weighted by atomic mass is 9.47. The average Bonchev–Trinajstić information content (AvgIpc) is 3.15. The lowest BCUT2D eigenvalue weighted by Crippen LogP contribution is -2.50. The Bertz CT molecular complexity index is 860. The minimum absolute atomic E-state index is 0.0936. The number of fused-ring (bicyclic) bond motifs is 5. The number of rotatable bonds is 5. The van der Waals surface area contributed by atoms with Gasteiger partial charge in [-0.05, 0) is 123 Å². The van der Waals surface area contributed by atoms with Crippen molar-refractivity contribution >= 4 is 0 Å². The van der Waals surface area contributed by atoms with Gasteiger partial charge in [0.05, 0.1) is 6.10 Å². The van der Waals surface area contributed by atoms with Crippen LogP contribution in [0.15, 0.2) is 29.8 Å². The number of allylic oxidation sites excluding steroid dienone is 1. The predicted molar refractivity (Wildman–Crippen MR) is 132 cm³/mol. The first kappa shape index (κ1) is 22.6. The second-order valence-corrected chi connectivity index (χ2v) is 12.4. The zero-order chi connectivity index (χ0) is 22.5. The van der Waals surface area contributed by atoms with Gasteiger partial charge < -0.3 is 5.11 Å². The zero-order valence-corrected chi connectivity index (χ0v) is 20.9. The third kappa shape index (κ3) is 3.69. The highest BCUT2D eigenvalue weighted by atomic mass is 16.3. The first-order valence-electron chi connectivity index (χ1n) is 13.7. The number of aryl methyl sites for hydroxylation is 2. The Balaban J connectivity index is 1.29. The molecule has 1 aromatic rings. The summed E-state index contributed by atoms with van der Waals surface area (Å²) in [4.78, 5) is 4.87. The van der Waals surface area contributed by atoms with Crippen molar-refractivity contribution in [3.8, 4) is 0 Å². The van der Waals surface area contributed by atoms with E-state index in [0.717, 1.165) is 55.3 Å². The van der Waals surface area contributed by atoms with Crippen molar-refractivity contribution in [1.29, 1.82) is 0 Å². The summed E-state index contributed by atoms with van der Waals surface area (Å²) in [5.41, 5.74) is 5.01. The topological polar surface area (TPSA) is 33.1 Å². The molecule has 4 aliphatic carbocycles. The number of pyridine rings is 1. The molecule has 0 spiro atoms. The maximum absolute atomic E-state index is 10.3. The van der Waals surface area contributed by atoms with Crippen molar-refractivity contribution in [2.45, 2.75) is 104 Å². The van der Waals surface area contributed by atoms with E-state index in [1.165, 1.54) is 56.3 Å². The van der Waals surface area contributed by atoms with E-state index < -0.39 is 0 Å². The van der Waals surface area contributed by atoms with Crippen molar-refractivity contribution in [2.24, 2.45) is 40.4 Å². The summed E-state index contributed by atoms with van der Waals surface area (Å²) in [5.74, 6) is 4.27. The summed E-state index contributed by atoms with van der Waals surface area (Å²) in [6, 6.07) is 6.57. The highest BCUT2D eigenvalue weighted by Gasteiger charge is 2.59. The van der Waals surface area contributed by atoms with E-state index in [1.807, 2.05) is 0 Å². The van der Waals surface area contributed by atoms with Crippen LogP contribution < -0.4 is 0 Å². The molecule has 1 N–H and O–H groups in total. The highest BCUT2D eigenvalue weighted by molar-refractivity contribution is 5.25. The lowest BCUT2D eigenvalue weighted by Gasteiger charge is -2.58. The van der Waals surface area contributed by atoms with Crippen molar-refractivity contribution in [2.75, 3.05) is 0 Å². The summed E-state index contributed by atoms with van der Waals surface area (Å²) in [6.45, 7) is 9.96. The van der Waals surface area contributed by atoms with Gasteiger partial charge in [0.2, 0.25) is 0 Å². The van der Waals surface area contributed by atoms with E-state index in [2.05, 4.69) is 52.0 Å². The Morgan fingerprint density at radius 3 is 2.69 bits per heavy atom. The smallest absolute Gasteiger partial charge is 0.0577 e. The Hall–Kier alpha value is -1.15. The average molecular weight is 436 g/mol. The summed E-state index contributed by atoms with van der Waals surface area (Å²) in [5, 5.41) is 10.3. The third-order valence-corrected chi connectivity index (χ3v) is 10.9. The largest absolute Gasteiger partial charge is 0.393 e. The Morgan fingerprint density at radius 2 is 1.88 bits per heavy atom. The van der Waals surface area contributed by atoms with E-state index in [1.54, 1.807) is 5.57 Å². The summed E-state index contributed by atoms with van der Waals surface area (Å²) < 4.78 is 0. The van der Waals surface area contributed by atoms with Gasteiger partial charge >= 0.3 is 0 Å². The van der Waals surface area contributed by atoms with Crippen LogP contribution in [0.4, 0.5) is 0 Å². The summed E-state index contributed by atoms with van der Waals surface area (Å²) in [7, 11) is 0. The van der Waals surface area contributed by atoms with Crippen LogP contribution in [0.5, 0.6) is 0 Å². The summed E-state index contributed by atoms with van der Waals surface area (Å²) in [6.07, 6.45) is 16.0. The maximum Gasteiger partial charge on any atom is 0.0577 e. The van der Waals surface area contributed by atoms with Gasteiger partial charge in [0.1, 0.15) is 0 Å². The second kappa shape index (κ2) is 8.57. The molecule has 0 aromatic carbocycles. The van der Waals surface area contributed by atoms with Crippen molar-refractivity contribution in [1.82, 2.24) is 4.98 Å². The van der Waals surface area contributed by atoms with Crippen LogP contribution in [0.1, 0.15) is 96.9 Å². The predicted octanol–water partition coefficient (Wildman–Crippen LogP) is 7.15. The number of nitrogens with zero attached hydrogens (tertiary/aromatic N) is 1. The molecular formula is C30H45NO. The van der Waals surface area contributed by atoms with Crippen LogP contribution in [0.25, 0.3) is 0 Å². The van der Waals surface area contributed by atoms with Crippen LogP contribution in [0, 0.1) is 40.4 Å². The van der Waals surface area contributed by atoms with Crippen LogP contribution in [0.2, 0.25) is 0 Å². The number of hydrogen-bond donors (Lipinski definition) is 1. The van der Waals surface area contributed by atoms with Crippen molar-refractivity contribution < 1.29 is 5.11 Å². The van der Waals surface area contributed by atoms with Gasteiger partial charge in [-0.3, -0.25) is 4.98 Å². The van der Waals surface area contributed by atoms with Crippen LogP contribution in [-0.4, -0.2) is 16.2 Å². The molecule has 0 aliphatic heterocycles. The van der Waals surface area contributed by atoms with Gasteiger partial charge in [-0.1, -0.05) is 45.4 Å². The van der Waals surface area contributed by atoms with Gasteiger partial charge in [0, 0.05) is 11.4 Å². The first-order chi connectivity index (χ1) is 15.3. The molecule has 0 bridgehead atoms. The van der Waals surface area contributed by atoms with E-state index >= 15 is 0 Å².